The summed E-state index contributed by atoms with van der Waals surface area (Å²) < 4.78 is 37.3. The van der Waals surface area contributed by atoms with Gasteiger partial charge in [0.1, 0.15) is 5.82 Å². The minimum Gasteiger partial charge on any atom is -0.327 e. The van der Waals surface area contributed by atoms with E-state index in [1.807, 2.05) is 0 Å². The van der Waals surface area contributed by atoms with Crippen LogP contribution in [-0.2, 0) is 21.4 Å². The molecule has 0 atom stereocenters. The molecular formula is C15H19FN2O3S. The van der Waals surface area contributed by atoms with Crippen LogP contribution in [0.25, 0.3) is 0 Å². The lowest BCUT2D eigenvalue weighted by atomic mass is 10.2. The molecular weight excluding hydrogens is 307 g/mol. The summed E-state index contributed by atoms with van der Waals surface area (Å²) in [5.41, 5.74) is 0.723. The maximum absolute atomic E-state index is 12.9. The van der Waals surface area contributed by atoms with Gasteiger partial charge in [-0.25, -0.2) is 17.1 Å². The van der Waals surface area contributed by atoms with Crippen molar-refractivity contribution in [3.8, 4) is 12.3 Å². The van der Waals surface area contributed by atoms with Gasteiger partial charge in [-0.2, -0.15) is 0 Å². The van der Waals surface area contributed by atoms with Crippen LogP contribution in [0.4, 0.5) is 4.39 Å². The number of amides is 1. The molecule has 7 heteroatoms. The summed E-state index contributed by atoms with van der Waals surface area (Å²) in [6.07, 6.45) is 5.10. The molecule has 0 bridgehead atoms. The van der Waals surface area contributed by atoms with Crippen LogP contribution in [0.5, 0.6) is 0 Å². The van der Waals surface area contributed by atoms with Crippen molar-refractivity contribution >= 4 is 15.9 Å². The average molecular weight is 326 g/mol. The van der Waals surface area contributed by atoms with Crippen LogP contribution in [0.3, 0.4) is 0 Å². The molecule has 0 saturated carbocycles. The van der Waals surface area contributed by atoms with Gasteiger partial charge in [0.25, 0.3) is 0 Å². The van der Waals surface area contributed by atoms with Gasteiger partial charge < -0.3 is 4.90 Å². The third kappa shape index (κ3) is 5.47. The minimum absolute atomic E-state index is 0.0677. The normalized spacial score (nSPS) is 11.2. The van der Waals surface area contributed by atoms with Crippen LogP contribution < -0.4 is 0 Å². The lowest BCUT2D eigenvalue weighted by Crippen LogP contribution is -2.34. The van der Waals surface area contributed by atoms with Crippen molar-refractivity contribution in [2.75, 3.05) is 26.4 Å². The zero-order valence-electron chi connectivity index (χ0n) is 12.6. The molecule has 1 rings (SSSR count). The quantitative estimate of drug-likeness (QED) is 0.704. The maximum Gasteiger partial charge on any atom is 0.224 e. The second kappa shape index (κ2) is 7.92. The Morgan fingerprint density at radius 3 is 2.36 bits per heavy atom. The highest BCUT2D eigenvalue weighted by Crippen LogP contribution is 2.09. The van der Waals surface area contributed by atoms with Gasteiger partial charge in [-0.1, -0.05) is 18.1 Å². The second-order valence-corrected chi connectivity index (χ2v) is 7.23. The summed E-state index contributed by atoms with van der Waals surface area (Å²) in [6.45, 7) is 0.281. The van der Waals surface area contributed by atoms with E-state index in [1.54, 1.807) is 12.1 Å². The highest BCUT2D eigenvalue weighted by Gasteiger charge is 2.19. The van der Waals surface area contributed by atoms with Crippen molar-refractivity contribution in [1.29, 1.82) is 0 Å². The Morgan fingerprint density at radius 2 is 1.86 bits per heavy atom. The predicted molar refractivity (Wildman–Crippen MR) is 82.7 cm³/mol. The fourth-order valence-corrected chi connectivity index (χ4v) is 2.51. The van der Waals surface area contributed by atoms with Crippen molar-refractivity contribution in [1.82, 2.24) is 9.21 Å². The van der Waals surface area contributed by atoms with Gasteiger partial charge in [-0.3, -0.25) is 4.79 Å². The van der Waals surface area contributed by atoms with Gasteiger partial charge in [-0.05, 0) is 17.7 Å². The molecule has 0 radical (unpaired) electrons. The van der Waals surface area contributed by atoms with Gasteiger partial charge in [0, 0.05) is 27.1 Å². The first-order chi connectivity index (χ1) is 10.3. The van der Waals surface area contributed by atoms with Crippen LogP contribution in [0.2, 0.25) is 0 Å². The van der Waals surface area contributed by atoms with Crippen molar-refractivity contribution in [2.45, 2.75) is 13.0 Å². The minimum atomic E-state index is -3.44. The predicted octanol–water partition coefficient (Wildman–Crippen LogP) is 1.07. The summed E-state index contributed by atoms with van der Waals surface area (Å²) in [5, 5.41) is 0. The first-order valence-electron chi connectivity index (χ1n) is 6.62. The topological polar surface area (TPSA) is 57.7 Å². The van der Waals surface area contributed by atoms with Gasteiger partial charge in [0.2, 0.25) is 15.9 Å². The molecule has 0 N–H and O–H groups in total. The van der Waals surface area contributed by atoms with Crippen LogP contribution >= 0.6 is 0 Å². The highest BCUT2D eigenvalue weighted by molar-refractivity contribution is 7.89. The van der Waals surface area contributed by atoms with E-state index in [2.05, 4.69) is 5.92 Å². The molecule has 0 aliphatic rings. The molecule has 1 aromatic carbocycles. The largest absolute Gasteiger partial charge is 0.327 e. The molecule has 0 fully saturated rings. The Bertz CT molecular complexity index is 648. The van der Waals surface area contributed by atoms with E-state index in [9.17, 15) is 17.6 Å². The van der Waals surface area contributed by atoms with E-state index in [-0.39, 0.29) is 37.0 Å². The number of nitrogens with zero attached hydrogens (tertiary/aromatic N) is 2. The van der Waals surface area contributed by atoms with Crippen LogP contribution in [-0.4, -0.2) is 49.9 Å². The maximum atomic E-state index is 12.9. The molecule has 0 aliphatic heterocycles. The van der Waals surface area contributed by atoms with Crippen molar-refractivity contribution in [3.63, 3.8) is 0 Å². The molecule has 0 heterocycles. The Hall–Kier alpha value is -1.91. The molecule has 5 nitrogen and oxygen atoms in total. The Labute approximate surface area is 130 Å². The van der Waals surface area contributed by atoms with E-state index in [4.69, 9.17) is 6.42 Å². The van der Waals surface area contributed by atoms with Crippen LogP contribution in [0, 0.1) is 18.2 Å². The van der Waals surface area contributed by atoms with E-state index in [0.29, 0.717) is 0 Å². The zero-order valence-corrected chi connectivity index (χ0v) is 13.4. The summed E-state index contributed by atoms with van der Waals surface area (Å²) in [4.78, 5) is 13.5. The number of carbonyl (C=O) groups excluding carboxylic acids is 1. The monoisotopic (exact) mass is 326 g/mol. The number of benzene rings is 1. The van der Waals surface area contributed by atoms with E-state index >= 15 is 0 Å². The van der Waals surface area contributed by atoms with Crippen LogP contribution in [0.1, 0.15) is 12.0 Å². The molecule has 120 valence electrons. The number of rotatable bonds is 7. The van der Waals surface area contributed by atoms with Crippen molar-refractivity contribution in [3.05, 3.63) is 35.6 Å². The fraction of sp³-hybridized carbons (Fsp3) is 0.400. The van der Waals surface area contributed by atoms with Gasteiger partial charge >= 0.3 is 0 Å². The molecule has 1 amide bonds. The summed E-state index contributed by atoms with van der Waals surface area (Å²) in [5.74, 6) is 1.38. The lowest BCUT2D eigenvalue weighted by Gasteiger charge is -2.21. The molecule has 0 spiro atoms. The first kappa shape index (κ1) is 18.1. The summed E-state index contributed by atoms with van der Waals surface area (Å²) in [7, 11) is -0.607. The summed E-state index contributed by atoms with van der Waals surface area (Å²) >= 11 is 0. The third-order valence-corrected chi connectivity index (χ3v) is 4.88. The smallest absolute Gasteiger partial charge is 0.224 e. The fourth-order valence-electron chi connectivity index (χ4n) is 1.71. The SMILES string of the molecule is C#CCN(Cc1ccc(F)cc1)C(=O)CCS(=O)(=O)N(C)C. The average Bonchev–Trinajstić information content (AvgIpc) is 2.46. The zero-order chi connectivity index (χ0) is 16.8. The van der Waals surface area contributed by atoms with E-state index < -0.39 is 10.0 Å². The Balaban J connectivity index is 2.72. The van der Waals surface area contributed by atoms with Crippen LogP contribution in [0.15, 0.2) is 24.3 Å². The molecule has 0 unspecified atom stereocenters. The van der Waals surface area contributed by atoms with Crippen molar-refractivity contribution in [2.24, 2.45) is 0 Å². The molecule has 22 heavy (non-hydrogen) atoms. The Morgan fingerprint density at radius 1 is 1.27 bits per heavy atom. The molecule has 0 aliphatic carbocycles. The van der Waals surface area contributed by atoms with Gasteiger partial charge in [0.15, 0.2) is 0 Å². The third-order valence-electron chi connectivity index (χ3n) is 3.05. The van der Waals surface area contributed by atoms with Crippen molar-refractivity contribution < 1.29 is 17.6 Å². The Kier molecular flexibility index (Phi) is 6.53. The van der Waals surface area contributed by atoms with Gasteiger partial charge in [0.05, 0.1) is 12.3 Å². The lowest BCUT2D eigenvalue weighted by molar-refractivity contribution is -0.130. The number of hydrogen-bond acceptors (Lipinski definition) is 3. The number of terminal acetylenes is 1. The highest BCUT2D eigenvalue weighted by atomic mass is 32.2. The first-order valence-corrected chi connectivity index (χ1v) is 8.23. The number of halogens is 1. The number of hydrogen-bond donors (Lipinski definition) is 0. The molecule has 1 aromatic rings. The second-order valence-electron chi connectivity index (χ2n) is 4.93. The molecule has 0 aromatic heterocycles. The number of sulfonamides is 1. The van der Waals surface area contributed by atoms with E-state index in [1.165, 1.54) is 31.1 Å². The van der Waals surface area contributed by atoms with E-state index in [0.717, 1.165) is 9.87 Å². The van der Waals surface area contributed by atoms with Gasteiger partial charge in [-0.15, -0.1) is 6.42 Å². The molecule has 0 saturated heterocycles. The number of carbonyl (C=O) groups is 1. The summed E-state index contributed by atoms with van der Waals surface area (Å²) in [6, 6.07) is 5.71. The standard InChI is InChI=1S/C15H19FN2O3S/c1-4-10-18(12-13-5-7-14(16)8-6-13)15(19)9-11-22(20,21)17(2)3/h1,5-8H,9-12H2,2-3H3.